The Hall–Kier alpha value is -1.77. The summed E-state index contributed by atoms with van der Waals surface area (Å²) in [6.45, 7) is 6.31. The van der Waals surface area contributed by atoms with Crippen molar-refractivity contribution in [3.63, 3.8) is 0 Å². The second-order valence-electron chi connectivity index (χ2n) is 6.22. The first-order chi connectivity index (χ1) is 10.7. The topological polar surface area (TPSA) is 38.3 Å². The Kier molecular flexibility index (Phi) is 6.50. The van der Waals surface area contributed by atoms with Crippen LogP contribution in [0.25, 0.3) is 0 Å². The minimum atomic E-state index is -0.326. The van der Waals surface area contributed by atoms with Crippen LogP contribution in [0.5, 0.6) is 0 Å². The van der Waals surface area contributed by atoms with Gasteiger partial charge in [-0.2, -0.15) is 0 Å². The first-order valence-electron chi connectivity index (χ1n) is 8.30. The first kappa shape index (κ1) is 16.6. The molecule has 1 aliphatic rings. The fraction of sp³-hybridized carbons (Fsp3) is 0.526. The highest BCUT2D eigenvalue weighted by Crippen LogP contribution is 2.30. The van der Waals surface area contributed by atoms with Crippen molar-refractivity contribution in [2.24, 2.45) is 11.8 Å². The van der Waals surface area contributed by atoms with Crippen molar-refractivity contribution in [1.82, 2.24) is 5.32 Å². The van der Waals surface area contributed by atoms with E-state index >= 15 is 0 Å². The predicted octanol–water partition coefficient (Wildman–Crippen LogP) is 4.68. The van der Waals surface area contributed by atoms with E-state index in [1.807, 2.05) is 36.4 Å². The number of benzene rings is 1. The summed E-state index contributed by atoms with van der Waals surface area (Å²) in [5.74, 6) is 0.790. The molecule has 0 saturated heterocycles. The van der Waals surface area contributed by atoms with Crippen LogP contribution in [-0.4, -0.2) is 12.1 Å². The molecule has 1 aromatic rings. The predicted molar refractivity (Wildman–Crippen MR) is 89.5 cm³/mol. The second kappa shape index (κ2) is 8.62. The maximum atomic E-state index is 12.1. The fourth-order valence-electron chi connectivity index (χ4n) is 3.22. The summed E-state index contributed by atoms with van der Waals surface area (Å²) in [7, 11) is 0. The van der Waals surface area contributed by atoms with Crippen LogP contribution in [0.15, 0.2) is 43.0 Å². The molecule has 2 rings (SSSR count). The SMILES string of the molecule is C=C[C@@H](C)[C@H](NC(=O)OCc1ccccc1)C1CCCCC1. The third-order valence-corrected chi connectivity index (χ3v) is 4.59. The molecule has 1 amide bonds. The normalized spacial score (nSPS) is 18.2. The maximum absolute atomic E-state index is 12.1. The largest absolute Gasteiger partial charge is 0.445 e. The molecule has 120 valence electrons. The number of alkyl carbamates (subject to hydrolysis) is 1. The van der Waals surface area contributed by atoms with Gasteiger partial charge in [0.15, 0.2) is 0 Å². The Labute approximate surface area is 133 Å². The van der Waals surface area contributed by atoms with Crippen LogP contribution in [0.1, 0.15) is 44.6 Å². The van der Waals surface area contributed by atoms with Crippen LogP contribution in [0.3, 0.4) is 0 Å². The molecular weight excluding hydrogens is 274 g/mol. The van der Waals surface area contributed by atoms with Crippen molar-refractivity contribution in [3.05, 3.63) is 48.6 Å². The molecule has 3 heteroatoms. The molecule has 0 heterocycles. The van der Waals surface area contributed by atoms with Crippen LogP contribution in [-0.2, 0) is 11.3 Å². The highest BCUT2D eigenvalue weighted by molar-refractivity contribution is 5.67. The summed E-state index contributed by atoms with van der Waals surface area (Å²) in [4.78, 5) is 12.1. The average Bonchev–Trinajstić information content (AvgIpc) is 2.59. The van der Waals surface area contributed by atoms with Crippen LogP contribution < -0.4 is 5.32 Å². The first-order valence-corrected chi connectivity index (χ1v) is 8.30. The fourth-order valence-corrected chi connectivity index (χ4v) is 3.22. The lowest BCUT2D eigenvalue weighted by atomic mass is 9.79. The molecule has 1 fully saturated rings. The molecular formula is C19H27NO2. The Morgan fingerprint density at radius 1 is 1.32 bits per heavy atom. The third-order valence-electron chi connectivity index (χ3n) is 4.59. The summed E-state index contributed by atoms with van der Waals surface area (Å²) < 4.78 is 5.36. The number of carbonyl (C=O) groups excluding carboxylic acids is 1. The Morgan fingerprint density at radius 3 is 2.64 bits per heavy atom. The van der Waals surface area contributed by atoms with Gasteiger partial charge < -0.3 is 10.1 Å². The minimum absolute atomic E-state index is 0.126. The van der Waals surface area contributed by atoms with Gasteiger partial charge in [-0.05, 0) is 30.2 Å². The van der Waals surface area contributed by atoms with Crippen LogP contribution in [0.4, 0.5) is 4.79 Å². The van der Waals surface area contributed by atoms with Crippen molar-refractivity contribution < 1.29 is 9.53 Å². The molecule has 1 saturated carbocycles. The molecule has 0 aromatic heterocycles. The van der Waals surface area contributed by atoms with Gasteiger partial charge in [0.05, 0.1) is 0 Å². The molecule has 1 aromatic carbocycles. The van der Waals surface area contributed by atoms with Gasteiger partial charge in [-0.15, -0.1) is 6.58 Å². The zero-order valence-electron chi connectivity index (χ0n) is 13.5. The second-order valence-corrected chi connectivity index (χ2v) is 6.22. The van der Waals surface area contributed by atoms with Gasteiger partial charge in [0.1, 0.15) is 6.61 Å². The molecule has 2 atom stereocenters. The number of carbonyl (C=O) groups is 1. The van der Waals surface area contributed by atoms with E-state index < -0.39 is 0 Å². The molecule has 0 aliphatic heterocycles. The average molecular weight is 301 g/mol. The van der Waals surface area contributed by atoms with E-state index in [9.17, 15) is 4.79 Å². The van der Waals surface area contributed by atoms with E-state index in [0.29, 0.717) is 12.5 Å². The molecule has 0 radical (unpaired) electrons. The van der Waals surface area contributed by atoms with Crippen molar-refractivity contribution >= 4 is 6.09 Å². The monoisotopic (exact) mass is 301 g/mol. The summed E-state index contributed by atoms with van der Waals surface area (Å²) in [6, 6.07) is 9.88. The molecule has 0 bridgehead atoms. The lowest BCUT2D eigenvalue weighted by Gasteiger charge is -2.33. The van der Waals surface area contributed by atoms with Gasteiger partial charge in [0, 0.05) is 6.04 Å². The van der Waals surface area contributed by atoms with Gasteiger partial charge in [0.25, 0.3) is 0 Å². The smallest absolute Gasteiger partial charge is 0.407 e. The van der Waals surface area contributed by atoms with Crippen molar-refractivity contribution in [2.75, 3.05) is 0 Å². The van der Waals surface area contributed by atoms with Gasteiger partial charge in [-0.25, -0.2) is 4.79 Å². The van der Waals surface area contributed by atoms with Crippen LogP contribution in [0, 0.1) is 11.8 Å². The number of hydrogen-bond donors (Lipinski definition) is 1. The van der Waals surface area contributed by atoms with Gasteiger partial charge in [-0.1, -0.05) is 62.6 Å². The van der Waals surface area contributed by atoms with E-state index in [0.717, 1.165) is 5.56 Å². The highest BCUT2D eigenvalue weighted by Gasteiger charge is 2.28. The molecule has 1 N–H and O–H groups in total. The number of ether oxygens (including phenoxy) is 1. The number of hydrogen-bond acceptors (Lipinski definition) is 2. The summed E-state index contributed by atoms with van der Waals surface area (Å²) >= 11 is 0. The Balaban J connectivity index is 1.88. The summed E-state index contributed by atoms with van der Waals surface area (Å²) in [5, 5.41) is 3.08. The lowest BCUT2D eigenvalue weighted by molar-refractivity contribution is 0.124. The standard InChI is InChI=1S/C19H27NO2/c1-3-15(2)18(17-12-8-5-9-13-17)20-19(21)22-14-16-10-6-4-7-11-16/h3-4,6-7,10-11,15,17-18H,1,5,8-9,12-14H2,2H3,(H,20,21)/t15-,18+/m1/s1. The quantitative estimate of drug-likeness (QED) is 0.774. The number of rotatable bonds is 6. The molecule has 0 unspecified atom stereocenters. The molecule has 0 spiro atoms. The number of amides is 1. The number of nitrogens with one attached hydrogen (secondary N) is 1. The molecule has 22 heavy (non-hydrogen) atoms. The van der Waals surface area contributed by atoms with E-state index in [2.05, 4.69) is 18.8 Å². The van der Waals surface area contributed by atoms with Crippen molar-refractivity contribution in [1.29, 1.82) is 0 Å². The zero-order valence-corrected chi connectivity index (χ0v) is 13.5. The van der Waals surface area contributed by atoms with Gasteiger partial charge in [-0.3, -0.25) is 0 Å². The van der Waals surface area contributed by atoms with E-state index in [4.69, 9.17) is 4.74 Å². The van der Waals surface area contributed by atoms with Gasteiger partial charge in [0.2, 0.25) is 0 Å². The summed E-state index contributed by atoms with van der Waals surface area (Å²) in [6.07, 6.45) is 7.79. The van der Waals surface area contributed by atoms with E-state index in [1.165, 1.54) is 32.1 Å². The van der Waals surface area contributed by atoms with E-state index in [-0.39, 0.29) is 18.1 Å². The van der Waals surface area contributed by atoms with Gasteiger partial charge >= 0.3 is 6.09 Å². The third kappa shape index (κ3) is 4.90. The van der Waals surface area contributed by atoms with Crippen LogP contribution in [0.2, 0.25) is 0 Å². The maximum Gasteiger partial charge on any atom is 0.407 e. The van der Waals surface area contributed by atoms with Crippen molar-refractivity contribution in [3.8, 4) is 0 Å². The summed E-state index contributed by atoms with van der Waals surface area (Å²) in [5.41, 5.74) is 1.00. The lowest BCUT2D eigenvalue weighted by Crippen LogP contribution is -2.45. The molecule has 1 aliphatic carbocycles. The van der Waals surface area contributed by atoms with Crippen LogP contribution >= 0.6 is 0 Å². The van der Waals surface area contributed by atoms with E-state index in [1.54, 1.807) is 0 Å². The Morgan fingerprint density at radius 2 is 2.00 bits per heavy atom. The Bertz CT molecular complexity index is 466. The zero-order chi connectivity index (χ0) is 15.8. The minimum Gasteiger partial charge on any atom is -0.445 e. The molecule has 3 nitrogen and oxygen atoms in total. The van der Waals surface area contributed by atoms with Crippen molar-refractivity contribution in [2.45, 2.75) is 51.7 Å². The highest BCUT2D eigenvalue weighted by atomic mass is 16.5.